The zero-order chi connectivity index (χ0) is 38.8. The van der Waals surface area contributed by atoms with Crippen LogP contribution in [-0.4, -0.2) is 40.4 Å². The summed E-state index contributed by atoms with van der Waals surface area (Å²) < 4.78 is 63.5. The van der Waals surface area contributed by atoms with Gasteiger partial charge in [-0.3, -0.25) is 0 Å². The minimum absolute atomic E-state index is 0.000194. The summed E-state index contributed by atoms with van der Waals surface area (Å²) in [6.45, 7) is 0. The molecular weight excluding hydrogens is 724 g/mol. The number of phenols is 4. The molecule has 276 valence electrons. The predicted molar refractivity (Wildman–Crippen MR) is 200 cm³/mol. The van der Waals surface area contributed by atoms with Gasteiger partial charge in [0.15, 0.2) is 46.3 Å². The SMILES string of the molecule is Oc1cccc(C2=c3ccc([nH]3)=C(c3cccc(O)c3F)c3ccc([nH]3)C(c3cccc(O)c3F)=c3ccc([nH]3)=C(c3cccc(O)c3F)c3ccc2[nH]3)c1F. The van der Waals surface area contributed by atoms with Crippen LogP contribution < -0.4 is 21.4 Å². The lowest BCUT2D eigenvalue weighted by atomic mass is 10.0. The molecule has 8 nitrogen and oxygen atoms in total. The number of halogens is 4. The van der Waals surface area contributed by atoms with E-state index in [-0.39, 0.29) is 44.5 Å². The topological polar surface area (TPSA) is 144 Å². The molecule has 1 aliphatic heterocycles. The molecule has 4 aromatic carbocycles. The van der Waals surface area contributed by atoms with Crippen molar-refractivity contribution in [1.29, 1.82) is 0 Å². The van der Waals surface area contributed by atoms with Crippen LogP contribution in [-0.2, 0) is 0 Å². The number of hydrogen-bond donors (Lipinski definition) is 8. The van der Waals surface area contributed by atoms with Crippen molar-refractivity contribution in [2.45, 2.75) is 0 Å². The van der Waals surface area contributed by atoms with Crippen LogP contribution in [0.2, 0.25) is 0 Å². The van der Waals surface area contributed by atoms with E-state index < -0.39 is 46.3 Å². The first kappa shape index (κ1) is 34.2. The van der Waals surface area contributed by atoms with Gasteiger partial charge in [-0.1, -0.05) is 48.5 Å². The van der Waals surface area contributed by atoms with Crippen LogP contribution in [0.3, 0.4) is 0 Å². The molecule has 1 aliphatic rings. The normalized spacial score (nSPS) is 12.8. The zero-order valence-corrected chi connectivity index (χ0v) is 28.8. The van der Waals surface area contributed by atoms with Gasteiger partial charge >= 0.3 is 0 Å². The molecule has 0 spiro atoms. The van der Waals surface area contributed by atoms with E-state index in [9.17, 15) is 20.4 Å². The maximum absolute atomic E-state index is 15.9. The van der Waals surface area contributed by atoms with Gasteiger partial charge in [0.1, 0.15) is 0 Å². The lowest BCUT2D eigenvalue weighted by Crippen LogP contribution is -2.20. The summed E-state index contributed by atoms with van der Waals surface area (Å²) in [4.78, 5) is 13.1. The van der Waals surface area contributed by atoms with Crippen LogP contribution in [0.5, 0.6) is 23.0 Å². The highest BCUT2D eigenvalue weighted by Crippen LogP contribution is 2.34. The second kappa shape index (κ2) is 13.1. The second-order valence-corrected chi connectivity index (χ2v) is 13.2. The quantitative estimate of drug-likeness (QED) is 0.110. The van der Waals surface area contributed by atoms with Gasteiger partial charge in [0.25, 0.3) is 0 Å². The number of benzene rings is 4. The smallest absolute Gasteiger partial charge is 0.172 e. The Morgan fingerprint density at radius 2 is 0.518 bits per heavy atom. The Kier molecular flexibility index (Phi) is 7.97. The van der Waals surface area contributed by atoms with Crippen LogP contribution in [0.25, 0.3) is 22.3 Å². The molecule has 56 heavy (non-hydrogen) atoms. The van der Waals surface area contributed by atoms with Crippen LogP contribution in [0.4, 0.5) is 17.6 Å². The molecule has 0 fully saturated rings. The summed E-state index contributed by atoms with van der Waals surface area (Å²) in [7, 11) is 0. The number of rotatable bonds is 4. The highest BCUT2D eigenvalue weighted by molar-refractivity contribution is 5.85. The predicted octanol–water partition coefficient (Wildman–Crippen LogP) is 5.68. The largest absolute Gasteiger partial charge is 0.505 e. The first-order chi connectivity index (χ1) is 27.1. The molecule has 0 amide bonds. The van der Waals surface area contributed by atoms with Crippen molar-refractivity contribution >= 4 is 22.3 Å². The summed E-state index contributed by atoms with van der Waals surface area (Å²) in [5.74, 6) is -6.06. The fraction of sp³-hybridized carbons (Fsp3) is 0. The van der Waals surface area contributed by atoms with Gasteiger partial charge in [-0.2, -0.15) is 0 Å². The Morgan fingerprint density at radius 1 is 0.286 bits per heavy atom. The maximum atomic E-state index is 15.9. The molecule has 5 heterocycles. The van der Waals surface area contributed by atoms with E-state index in [1.54, 1.807) is 48.5 Å². The molecule has 0 saturated carbocycles. The van der Waals surface area contributed by atoms with Crippen molar-refractivity contribution in [2.24, 2.45) is 0 Å². The van der Waals surface area contributed by atoms with Crippen LogP contribution >= 0.6 is 0 Å². The fourth-order valence-corrected chi connectivity index (χ4v) is 7.34. The number of fused-ring (bicyclic) bond motifs is 8. The minimum Gasteiger partial charge on any atom is -0.505 e. The van der Waals surface area contributed by atoms with Gasteiger partial charge in [-0.15, -0.1) is 0 Å². The Balaban J connectivity index is 1.48. The Morgan fingerprint density at radius 3 is 0.750 bits per heavy atom. The molecule has 0 aliphatic carbocycles. The molecule has 0 unspecified atom stereocenters. The second-order valence-electron chi connectivity index (χ2n) is 13.2. The molecule has 0 saturated heterocycles. The molecule has 9 rings (SSSR count). The van der Waals surface area contributed by atoms with Gasteiger partial charge in [-0.05, 0) is 72.8 Å². The fourth-order valence-electron chi connectivity index (χ4n) is 7.34. The highest BCUT2D eigenvalue weighted by Gasteiger charge is 2.24. The van der Waals surface area contributed by atoms with E-state index in [0.29, 0.717) is 44.2 Å². The number of hydrogen-bond acceptors (Lipinski definition) is 4. The third-order valence-corrected chi connectivity index (χ3v) is 9.89. The lowest BCUT2D eigenvalue weighted by Gasteiger charge is -2.12. The summed E-state index contributed by atoms with van der Waals surface area (Å²) in [5.41, 5.74) is 2.33. The maximum Gasteiger partial charge on any atom is 0.172 e. The van der Waals surface area contributed by atoms with E-state index in [2.05, 4.69) is 19.9 Å². The summed E-state index contributed by atoms with van der Waals surface area (Å²) in [6, 6.07) is 29.9. The summed E-state index contributed by atoms with van der Waals surface area (Å²) in [5, 5.41) is 43.2. The summed E-state index contributed by atoms with van der Waals surface area (Å²) >= 11 is 0. The zero-order valence-electron chi connectivity index (χ0n) is 28.8. The molecule has 8 N–H and O–H groups in total. The molecule has 8 bridgehead atoms. The van der Waals surface area contributed by atoms with Crippen molar-refractivity contribution in [1.82, 2.24) is 19.9 Å². The van der Waals surface area contributed by atoms with Crippen molar-refractivity contribution in [3.8, 4) is 23.0 Å². The molecule has 12 heteroatoms. The first-order valence-corrected chi connectivity index (χ1v) is 17.3. The molecular formula is C44H28F4N4O4. The number of nitrogens with one attached hydrogen (secondary N) is 4. The van der Waals surface area contributed by atoms with Gasteiger partial charge in [0, 0.05) is 88.7 Å². The van der Waals surface area contributed by atoms with Crippen LogP contribution in [0.15, 0.2) is 121 Å². The number of aromatic hydroxyl groups is 4. The van der Waals surface area contributed by atoms with Crippen molar-refractivity contribution < 1.29 is 38.0 Å². The van der Waals surface area contributed by atoms with Crippen molar-refractivity contribution in [3.63, 3.8) is 0 Å². The van der Waals surface area contributed by atoms with Crippen molar-refractivity contribution in [3.05, 3.63) is 211 Å². The van der Waals surface area contributed by atoms with E-state index in [0.717, 1.165) is 0 Å². The number of H-pyrrole nitrogens is 4. The standard InChI is InChI=1S/C44H28F4N4O4/c45-41-21(5-1-9-33(41)53)37-25-13-15-27(49-25)38(22-6-2-10-34(54)42(22)46)29-17-19-31(51-29)40(24-8-4-12-36(56)44(24)48)32-20-18-30(52-32)39(28-16-14-26(37)50-28)23-7-3-11-35(55)43(23)47/h1-20,49-56H. The van der Waals surface area contributed by atoms with E-state index in [1.165, 1.54) is 72.8 Å². The van der Waals surface area contributed by atoms with Gasteiger partial charge in [0.2, 0.25) is 0 Å². The van der Waals surface area contributed by atoms with E-state index in [4.69, 9.17) is 0 Å². The Hall–Kier alpha value is -7.60. The van der Waals surface area contributed by atoms with Crippen LogP contribution in [0, 0.1) is 23.3 Å². The lowest BCUT2D eigenvalue weighted by molar-refractivity contribution is 0.431. The average Bonchev–Trinajstić information content (AvgIpc) is 4.03. The third-order valence-electron chi connectivity index (χ3n) is 9.89. The van der Waals surface area contributed by atoms with Gasteiger partial charge < -0.3 is 40.4 Å². The van der Waals surface area contributed by atoms with E-state index >= 15 is 17.6 Å². The van der Waals surface area contributed by atoms with Gasteiger partial charge in [-0.25, -0.2) is 17.6 Å². The molecule has 0 atom stereocenters. The molecule has 8 aromatic rings. The third kappa shape index (κ3) is 5.46. The first-order valence-electron chi connectivity index (χ1n) is 17.3. The molecule has 4 aromatic heterocycles. The van der Waals surface area contributed by atoms with E-state index in [1.807, 2.05) is 0 Å². The highest BCUT2D eigenvalue weighted by atomic mass is 19.1. The number of phenolic OH excluding ortho intramolecular Hbond substituents is 4. The summed E-state index contributed by atoms with van der Waals surface area (Å²) in [6.07, 6.45) is 0. The van der Waals surface area contributed by atoms with Gasteiger partial charge in [0.05, 0.1) is 0 Å². The average molecular weight is 753 g/mol. The minimum atomic E-state index is -0.916. The Labute approximate surface area is 313 Å². The van der Waals surface area contributed by atoms with Crippen LogP contribution in [0.1, 0.15) is 45.0 Å². The number of aromatic nitrogens is 4. The monoisotopic (exact) mass is 752 g/mol. The Bertz CT molecular complexity index is 2740. The number of aromatic amines is 4. The van der Waals surface area contributed by atoms with Crippen molar-refractivity contribution in [2.75, 3.05) is 0 Å². The molecule has 0 radical (unpaired) electrons.